The third-order valence-electron chi connectivity index (χ3n) is 3.08. The molecule has 0 aliphatic carbocycles. The second kappa shape index (κ2) is 7.95. The summed E-state index contributed by atoms with van der Waals surface area (Å²) in [6.07, 6.45) is 3.44. The molecule has 2 aromatic rings. The summed E-state index contributed by atoms with van der Waals surface area (Å²) in [6, 6.07) is 0.212. The predicted octanol–water partition coefficient (Wildman–Crippen LogP) is 1.53. The predicted molar refractivity (Wildman–Crippen MR) is 86.2 cm³/mol. The molecular formula is C14H22ClN5O2. The molecule has 2 aromatic heterocycles. The van der Waals surface area contributed by atoms with Crippen molar-refractivity contribution in [3.63, 3.8) is 0 Å². The van der Waals surface area contributed by atoms with Gasteiger partial charge in [0, 0.05) is 25.8 Å². The van der Waals surface area contributed by atoms with Crippen molar-refractivity contribution in [1.29, 1.82) is 0 Å². The first-order chi connectivity index (χ1) is 10.0. The van der Waals surface area contributed by atoms with Gasteiger partial charge in [-0.1, -0.05) is 6.92 Å². The van der Waals surface area contributed by atoms with Gasteiger partial charge in [-0.3, -0.25) is 9.48 Å². The zero-order valence-electron chi connectivity index (χ0n) is 13.2. The number of hydrogen-bond acceptors (Lipinski definition) is 5. The summed E-state index contributed by atoms with van der Waals surface area (Å²) in [4.78, 5) is 16.4. The monoisotopic (exact) mass is 327 g/mol. The number of hydrogen-bond donors (Lipinski definition) is 2. The summed E-state index contributed by atoms with van der Waals surface area (Å²) in [5, 5.41) is 10.1. The van der Waals surface area contributed by atoms with Crippen molar-refractivity contribution in [2.75, 3.05) is 13.1 Å². The maximum absolute atomic E-state index is 12.1. The molecule has 0 bridgehead atoms. The van der Waals surface area contributed by atoms with Gasteiger partial charge in [-0.15, -0.1) is 12.4 Å². The van der Waals surface area contributed by atoms with Crippen LogP contribution in [0.25, 0.3) is 11.5 Å². The lowest BCUT2D eigenvalue weighted by Gasteiger charge is -2.12. The van der Waals surface area contributed by atoms with Gasteiger partial charge in [-0.25, -0.2) is 4.98 Å². The van der Waals surface area contributed by atoms with E-state index < -0.39 is 0 Å². The van der Waals surface area contributed by atoms with Crippen LogP contribution in [0.3, 0.4) is 0 Å². The molecule has 1 atom stereocenters. The third-order valence-corrected chi connectivity index (χ3v) is 3.08. The Morgan fingerprint density at radius 2 is 2.23 bits per heavy atom. The molecule has 0 aliphatic heterocycles. The van der Waals surface area contributed by atoms with E-state index >= 15 is 0 Å². The minimum Gasteiger partial charge on any atom is -0.440 e. The maximum atomic E-state index is 12.1. The zero-order chi connectivity index (χ0) is 15.4. The molecule has 0 saturated carbocycles. The van der Waals surface area contributed by atoms with Crippen molar-refractivity contribution in [2.45, 2.75) is 26.8 Å². The Morgan fingerprint density at radius 1 is 1.50 bits per heavy atom. The smallest absolute Gasteiger partial charge is 0.273 e. The Kier molecular flexibility index (Phi) is 6.58. The average molecular weight is 328 g/mol. The molecule has 0 radical (unpaired) electrons. The van der Waals surface area contributed by atoms with Gasteiger partial charge in [0.2, 0.25) is 5.89 Å². The Balaban J connectivity index is 0.00000242. The Bertz CT molecular complexity index is 623. The summed E-state index contributed by atoms with van der Waals surface area (Å²) in [6.45, 7) is 7.18. The summed E-state index contributed by atoms with van der Waals surface area (Å²) in [7, 11) is 1.81. The minimum absolute atomic E-state index is 0. The van der Waals surface area contributed by atoms with E-state index in [-0.39, 0.29) is 24.4 Å². The highest BCUT2D eigenvalue weighted by atomic mass is 35.5. The first-order valence-electron chi connectivity index (χ1n) is 6.99. The topological polar surface area (TPSA) is 85.0 Å². The lowest BCUT2D eigenvalue weighted by Crippen LogP contribution is -2.39. The second-order valence-electron chi connectivity index (χ2n) is 5.00. The number of carbonyl (C=O) groups excluding carboxylic acids is 1. The molecule has 1 amide bonds. The number of likely N-dealkylation sites (N-methyl/N-ethyl adjacent to an activating group) is 1. The number of amides is 1. The van der Waals surface area contributed by atoms with E-state index in [1.807, 2.05) is 20.9 Å². The van der Waals surface area contributed by atoms with Gasteiger partial charge in [-0.2, -0.15) is 5.10 Å². The standard InChI is InChI=1S/C14H21N5O2.ClH/c1-5-15-9(2)6-16-13(20)12-10(3)21-14(18-12)11-7-17-19(4)8-11;/h7-9,15H,5-6H2,1-4H3,(H,16,20);1H/t9-;/m1./s1. The third kappa shape index (κ3) is 4.32. The van der Waals surface area contributed by atoms with Crippen LogP contribution in [-0.4, -0.2) is 39.8 Å². The highest BCUT2D eigenvalue weighted by Crippen LogP contribution is 2.20. The summed E-state index contributed by atoms with van der Waals surface area (Å²) >= 11 is 0. The van der Waals surface area contributed by atoms with Crippen LogP contribution in [0.15, 0.2) is 16.8 Å². The fourth-order valence-corrected chi connectivity index (χ4v) is 2.01. The molecule has 0 spiro atoms. The van der Waals surface area contributed by atoms with Crippen LogP contribution in [-0.2, 0) is 7.05 Å². The molecule has 0 fully saturated rings. The van der Waals surface area contributed by atoms with Crippen LogP contribution in [0.4, 0.5) is 0 Å². The van der Waals surface area contributed by atoms with E-state index in [1.165, 1.54) is 0 Å². The number of rotatable bonds is 6. The van der Waals surface area contributed by atoms with Gasteiger partial charge in [0.15, 0.2) is 5.69 Å². The molecule has 7 nitrogen and oxygen atoms in total. The molecule has 122 valence electrons. The summed E-state index contributed by atoms with van der Waals surface area (Å²) in [5.41, 5.74) is 1.07. The highest BCUT2D eigenvalue weighted by Gasteiger charge is 2.19. The lowest BCUT2D eigenvalue weighted by atomic mass is 10.3. The van der Waals surface area contributed by atoms with Crippen molar-refractivity contribution >= 4 is 18.3 Å². The van der Waals surface area contributed by atoms with Crippen LogP contribution in [0.5, 0.6) is 0 Å². The highest BCUT2D eigenvalue weighted by molar-refractivity contribution is 5.93. The molecule has 2 N–H and O–H groups in total. The van der Waals surface area contributed by atoms with E-state index in [0.717, 1.165) is 12.1 Å². The van der Waals surface area contributed by atoms with Crippen molar-refractivity contribution in [3.05, 3.63) is 23.8 Å². The first kappa shape index (κ1) is 18.2. The number of halogens is 1. The molecular weight excluding hydrogens is 306 g/mol. The SMILES string of the molecule is CCN[C@H](C)CNC(=O)c1nc(-c2cnn(C)c2)oc1C.Cl. The number of aryl methyl sites for hydroxylation is 2. The van der Waals surface area contributed by atoms with Crippen LogP contribution in [0, 0.1) is 6.92 Å². The van der Waals surface area contributed by atoms with E-state index in [4.69, 9.17) is 4.42 Å². The van der Waals surface area contributed by atoms with Crippen molar-refractivity contribution in [3.8, 4) is 11.5 Å². The number of carbonyl (C=O) groups is 1. The van der Waals surface area contributed by atoms with Crippen molar-refractivity contribution in [1.82, 2.24) is 25.4 Å². The van der Waals surface area contributed by atoms with Crippen molar-refractivity contribution < 1.29 is 9.21 Å². The van der Waals surface area contributed by atoms with E-state index in [1.54, 1.807) is 24.0 Å². The Hall–Kier alpha value is -1.86. The lowest BCUT2D eigenvalue weighted by molar-refractivity contribution is 0.0944. The first-order valence-corrected chi connectivity index (χ1v) is 6.99. The van der Waals surface area contributed by atoms with Crippen LogP contribution in [0.1, 0.15) is 30.1 Å². The minimum atomic E-state index is -0.226. The molecule has 8 heteroatoms. The largest absolute Gasteiger partial charge is 0.440 e. The number of oxazole rings is 1. The van der Waals surface area contributed by atoms with Gasteiger partial charge >= 0.3 is 0 Å². The van der Waals surface area contributed by atoms with Crippen LogP contribution in [0.2, 0.25) is 0 Å². The molecule has 0 aliphatic rings. The quantitative estimate of drug-likeness (QED) is 0.840. The average Bonchev–Trinajstić information content (AvgIpc) is 3.02. The molecule has 22 heavy (non-hydrogen) atoms. The van der Waals surface area contributed by atoms with Crippen molar-refractivity contribution in [2.24, 2.45) is 7.05 Å². The fourth-order valence-electron chi connectivity index (χ4n) is 2.01. The van der Waals surface area contributed by atoms with E-state index in [0.29, 0.717) is 23.9 Å². The second-order valence-corrected chi connectivity index (χ2v) is 5.00. The Labute approximate surface area is 135 Å². The summed E-state index contributed by atoms with van der Waals surface area (Å²) in [5.74, 6) is 0.684. The van der Waals surface area contributed by atoms with Gasteiger partial charge < -0.3 is 15.1 Å². The molecule has 0 saturated heterocycles. The Morgan fingerprint density at radius 3 is 2.82 bits per heavy atom. The fraction of sp³-hybridized carbons (Fsp3) is 0.500. The zero-order valence-corrected chi connectivity index (χ0v) is 14.0. The number of nitrogens with one attached hydrogen (secondary N) is 2. The summed E-state index contributed by atoms with van der Waals surface area (Å²) < 4.78 is 7.21. The maximum Gasteiger partial charge on any atom is 0.273 e. The van der Waals surface area contributed by atoms with Gasteiger partial charge in [0.1, 0.15) is 5.76 Å². The van der Waals surface area contributed by atoms with Gasteiger partial charge in [0.25, 0.3) is 5.91 Å². The van der Waals surface area contributed by atoms with E-state index in [9.17, 15) is 4.79 Å². The molecule has 0 unspecified atom stereocenters. The number of nitrogens with zero attached hydrogens (tertiary/aromatic N) is 3. The van der Waals surface area contributed by atoms with Gasteiger partial charge in [-0.05, 0) is 20.4 Å². The van der Waals surface area contributed by atoms with E-state index in [2.05, 4.69) is 20.7 Å². The number of aromatic nitrogens is 3. The van der Waals surface area contributed by atoms with Gasteiger partial charge in [0.05, 0.1) is 11.8 Å². The van der Waals surface area contributed by atoms with Crippen LogP contribution >= 0.6 is 12.4 Å². The normalized spacial score (nSPS) is 11.8. The molecule has 0 aromatic carbocycles. The van der Waals surface area contributed by atoms with Crippen LogP contribution < -0.4 is 10.6 Å². The molecule has 2 heterocycles. The molecule has 2 rings (SSSR count).